The number of thiophene rings is 1. The number of aryl methyl sites for hydroxylation is 1. The van der Waals surface area contributed by atoms with Gasteiger partial charge in [-0.3, -0.25) is 9.59 Å². The summed E-state index contributed by atoms with van der Waals surface area (Å²) in [6, 6.07) is 12.6. The second-order valence-electron chi connectivity index (χ2n) is 8.74. The summed E-state index contributed by atoms with van der Waals surface area (Å²) in [6.07, 6.45) is 3.52. The van der Waals surface area contributed by atoms with E-state index in [0.29, 0.717) is 38.4 Å². The molecule has 0 saturated heterocycles. The Hall–Kier alpha value is -3.89. The van der Waals surface area contributed by atoms with E-state index in [9.17, 15) is 14.4 Å². The van der Waals surface area contributed by atoms with Crippen molar-refractivity contribution >= 4 is 51.4 Å². The minimum atomic E-state index is -0.969. The first-order valence-corrected chi connectivity index (χ1v) is 13.4. The number of carbonyl (C=O) groups is 3. The number of halogens is 1. The first-order valence-electron chi connectivity index (χ1n) is 12.3. The summed E-state index contributed by atoms with van der Waals surface area (Å²) in [5, 5.41) is 7.53. The van der Waals surface area contributed by atoms with Crippen LogP contribution in [0.15, 0.2) is 47.6 Å². The highest BCUT2D eigenvalue weighted by Crippen LogP contribution is 2.38. The number of rotatable bonds is 8. The van der Waals surface area contributed by atoms with Gasteiger partial charge in [0.15, 0.2) is 11.5 Å². The van der Waals surface area contributed by atoms with Crippen molar-refractivity contribution in [2.45, 2.75) is 39.2 Å². The predicted molar refractivity (Wildman–Crippen MR) is 150 cm³/mol. The molecule has 0 fully saturated rings. The number of benzene rings is 2. The summed E-state index contributed by atoms with van der Waals surface area (Å²) < 4.78 is 16.2. The number of hydrogen-bond acceptors (Lipinski definition) is 8. The van der Waals surface area contributed by atoms with Gasteiger partial charge in [-0.25, -0.2) is 10.2 Å². The number of esters is 1. The number of nitrogens with one attached hydrogen (secondary N) is 2. The molecule has 0 spiro atoms. The molecule has 11 heteroatoms. The van der Waals surface area contributed by atoms with E-state index < -0.39 is 17.8 Å². The number of methoxy groups -OCH3 is 2. The van der Waals surface area contributed by atoms with E-state index in [2.05, 4.69) is 15.8 Å². The lowest BCUT2D eigenvalue weighted by molar-refractivity contribution is -0.136. The molecule has 0 unspecified atom stereocenters. The molecule has 2 aromatic carbocycles. The molecule has 9 nitrogen and oxygen atoms in total. The van der Waals surface area contributed by atoms with Crippen molar-refractivity contribution in [3.05, 3.63) is 74.6 Å². The maximum absolute atomic E-state index is 12.6. The van der Waals surface area contributed by atoms with Crippen LogP contribution in [0.4, 0.5) is 5.00 Å². The molecule has 0 saturated carbocycles. The van der Waals surface area contributed by atoms with Gasteiger partial charge in [0.1, 0.15) is 11.6 Å². The van der Waals surface area contributed by atoms with Crippen LogP contribution in [0.1, 0.15) is 51.7 Å². The Morgan fingerprint density at radius 3 is 2.54 bits per heavy atom. The summed E-state index contributed by atoms with van der Waals surface area (Å²) in [7, 11) is 2.81. The largest absolute Gasteiger partial charge is 0.493 e. The van der Waals surface area contributed by atoms with Crippen molar-refractivity contribution in [2.75, 3.05) is 19.5 Å². The maximum Gasteiger partial charge on any atom is 0.341 e. The van der Waals surface area contributed by atoms with Crippen molar-refractivity contribution < 1.29 is 28.6 Å². The Bertz CT molecular complexity index is 1430. The van der Waals surface area contributed by atoms with Crippen LogP contribution in [0.5, 0.6) is 11.5 Å². The molecule has 1 aliphatic carbocycles. The number of fused-ring (bicyclic) bond motifs is 1. The molecule has 2 amide bonds. The lowest BCUT2D eigenvalue weighted by Gasteiger charge is -2.13. The molecule has 1 aromatic heterocycles. The summed E-state index contributed by atoms with van der Waals surface area (Å²) >= 11 is 7.50. The van der Waals surface area contributed by atoms with Gasteiger partial charge < -0.3 is 19.5 Å². The molecular formula is C28H28ClN3O6S. The highest BCUT2D eigenvalue weighted by atomic mass is 35.5. The van der Waals surface area contributed by atoms with Crippen LogP contribution in [-0.4, -0.2) is 37.7 Å². The van der Waals surface area contributed by atoms with Gasteiger partial charge in [0.25, 0.3) is 0 Å². The summed E-state index contributed by atoms with van der Waals surface area (Å²) in [5.41, 5.74) is 5.40. The minimum Gasteiger partial charge on any atom is -0.493 e. The Kier molecular flexibility index (Phi) is 9.21. The third-order valence-electron chi connectivity index (χ3n) is 6.24. The number of amides is 2. The minimum absolute atomic E-state index is 0.262. The topological polar surface area (TPSA) is 115 Å². The Balaban J connectivity index is 1.41. The van der Waals surface area contributed by atoms with Crippen molar-refractivity contribution in [1.29, 1.82) is 0 Å². The number of carbonyl (C=O) groups excluding carboxylic acids is 3. The molecule has 39 heavy (non-hydrogen) atoms. The van der Waals surface area contributed by atoms with Crippen molar-refractivity contribution in [1.82, 2.24) is 5.43 Å². The van der Waals surface area contributed by atoms with Crippen LogP contribution in [-0.2, 0) is 33.8 Å². The number of nitrogens with zero attached hydrogens (tertiary/aromatic N) is 1. The molecule has 0 radical (unpaired) electrons. The van der Waals surface area contributed by atoms with Gasteiger partial charge in [0.2, 0.25) is 0 Å². The smallest absolute Gasteiger partial charge is 0.341 e. The van der Waals surface area contributed by atoms with Crippen LogP contribution in [0.2, 0.25) is 5.02 Å². The predicted octanol–water partition coefficient (Wildman–Crippen LogP) is 5.13. The second kappa shape index (κ2) is 12.8. The first kappa shape index (κ1) is 28.1. The average Bonchev–Trinajstić information content (AvgIpc) is 3.32. The average molecular weight is 570 g/mol. The van der Waals surface area contributed by atoms with Gasteiger partial charge in [0, 0.05) is 21.0 Å². The first-order chi connectivity index (χ1) is 18.8. The van der Waals surface area contributed by atoms with Crippen molar-refractivity contribution in [3.8, 4) is 11.5 Å². The maximum atomic E-state index is 12.6. The summed E-state index contributed by atoms with van der Waals surface area (Å²) in [6.45, 7) is 1.94. The van der Waals surface area contributed by atoms with Crippen molar-refractivity contribution in [2.24, 2.45) is 5.10 Å². The van der Waals surface area contributed by atoms with E-state index in [0.717, 1.165) is 41.7 Å². The molecule has 1 heterocycles. The lowest BCUT2D eigenvalue weighted by atomic mass is 9.95. The molecule has 1 aliphatic rings. The van der Waals surface area contributed by atoms with Crippen LogP contribution >= 0.6 is 22.9 Å². The molecular weight excluding hydrogens is 542 g/mol. The Labute approximate surface area is 235 Å². The second-order valence-corrected chi connectivity index (χ2v) is 10.3. The number of anilines is 1. The Morgan fingerprint density at radius 2 is 1.79 bits per heavy atom. The van der Waals surface area contributed by atoms with E-state index in [1.807, 2.05) is 18.2 Å². The molecule has 204 valence electrons. The van der Waals surface area contributed by atoms with Gasteiger partial charge in [-0.2, -0.15) is 5.10 Å². The standard InChI is InChI=1S/C28H28ClN3O6S/c1-16(17-12-13-21(22(14-17)36-2)38-15-18-8-4-6-10-20(18)29)31-32-26(34)25(33)30-27-24(28(35)37-3)19-9-5-7-11-23(19)39-27/h4,6,8,10,12-14H,5,7,9,11,15H2,1-3H3,(H,30,33)(H,32,34). The summed E-state index contributed by atoms with van der Waals surface area (Å²) in [4.78, 5) is 38.5. The monoisotopic (exact) mass is 569 g/mol. The Morgan fingerprint density at radius 1 is 1.03 bits per heavy atom. The summed E-state index contributed by atoms with van der Waals surface area (Å²) in [5.74, 6) is -1.46. The van der Waals surface area contributed by atoms with Gasteiger partial charge in [-0.1, -0.05) is 29.8 Å². The number of ether oxygens (including phenoxy) is 3. The zero-order valence-electron chi connectivity index (χ0n) is 21.8. The lowest BCUT2D eigenvalue weighted by Crippen LogP contribution is -2.33. The third-order valence-corrected chi connectivity index (χ3v) is 7.82. The molecule has 2 N–H and O–H groups in total. The van der Waals surface area contributed by atoms with E-state index in [1.165, 1.54) is 25.6 Å². The number of hydrogen-bond donors (Lipinski definition) is 2. The van der Waals surface area contributed by atoms with E-state index >= 15 is 0 Å². The van der Waals surface area contributed by atoms with E-state index in [1.54, 1.807) is 31.2 Å². The highest BCUT2D eigenvalue weighted by Gasteiger charge is 2.28. The SMILES string of the molecule is COC(=O)c1c(NC(=O)C(=O)NN=C(C)c2ccc(OCc3ccccc3Cl)c(OC)c2)sc2c1CCCC2. The van der Waals surface area contributed by atoms with Gasteiger partial charge in [0.05, 0.1) is 25.5 Å². The molecule has 4 rings (SSSR count). The van der Waals surface area contributed by atoms with Crippen LogP contribution in [0.3, 0.4) is 0 Å². The van der Waals surface area contributed by atoms with Crippen LogP contribution < -0.4 is 20.2 Å². The van der Waals surface area contributed by atoms with Gasteiger partial charge in [-0.05, 0) is 62.4 Å². The molecule has 0 bridgehead atoms. The normalized spacial score (nSPS) is 12.8. The highest BCUT2D eigenvalue weighted by molar-refractivity contribution is 7.17. The molecule has 0 aliphatic heterocycles. The van der Waals surface area contributed by atoms with Crippen LogP contribution in [0, 0.1) is 0 Å². The van der Waals surface area contributed by atoms with Gasteiger partial charge in [-0.15, -0.1) is 11.3 Å². The zero-order valence-corrected chi connectivity index (χ0v) is 23.3. The molecule has 3 aromatic rings. The van der Waals surface area contributed by atoms with Crippen molar-refractivity contribution in [3.63, 3.8) is 0 Å². The zero-order chi connectivity index (χ0) is 27.9. The van der Waals surface area contributed by atoms with E-state index in [4.69, 9.17) is 25.8 Å². The number of hydrazone groups is 1. The van der Waals surface area contributed by atoms with Gasteiger partial charge >= 0.3 is 17.8 Å². The fraction of sp³-hybridized carbons (Fsp3) is 0.286. The fourth-order valence-electron chi connectivity index (χ4n) is 4.16. The fourth-order valence-corrected chi connectivity index (χ4v) is 5.63. The van der Waals surface area contributed by atoms with E-state index in [-0.39, 0.29) is 6.61 Å². The van der Waals surface area contributed by atoms with Crippen LogP contribution in [0.25, 0.3) is 0 Å². The third kappa shape index (κ3) is 6.58. The molecule has 0 atom stereocenters. The quantitative estimate of drug-likeness (QED) is 0.168.